The average Bonchev–Trinajstić information content (AvgIpc) is 3.87. The number of hydrogen-bond acceptors (Lipinski definition) is 16. The molecule has 18 heteroatoms. The minimum Gasteiger partial charge on any atom is -0.497 e. The zero-order valence-electron chi connectivity index (χ0n) is 25.9. The number of nitrogens with zero attached hydrogens (tertiary/aromatic N) is 4. The Labute approximate surface area is 275 Å². The Morgan fingerprint density at radius 3 is 2.11 bits per heavy atom. The van der Waals surface area contributed by atoms with Crippen LogP contribution in [-0.2, 0) is 54.0 Å². The molecule has 0 radical (unpaired) electrons. The molecule has 0 atom stereocenters. The van der Waals surface area contributed by atoms with E-state index >= 15 is 0 Å². The molecule has 5 rings (SSSR count). The minimum absolute atomic E-state index is 0.0143. The van der Waals surface area contributed by atoms with Crippen molar-refractivity contribution in [3.63, 3.8) is 0 Å². The number of imidazole rings is 1. The molecule has 0 unspecified atom stereocenters. The zero-order valence-corrected chi connectivity index (χ0v) is 27.7. The third-order valence-electron chi connectivity index (χ3n) is 7.66. The number of esters is 2. The van der Waals surface area contributed by atoms with Crippen LogP contribution in [0.5, 0.6) is 5.75 Å². The fraction of sp³-hybridized carbons (Fsp3) is 0.552. The number of benzene rings is 1. The lowest BCUT2D eigenvalue weighted by Crippen LogP contribution is -2.18. The monoisotopic (exact) mass is 695 g/mol. The second-order valence-corrected chi connectivity index (χ2v) is 13.8. The highest BCUT2D eigenvalue weighted by Crippen LogP contribution is 2.48. The number of ether oxygens (including phenoxy) is 4. The predicted molar refractivity (Wildman–Crippen MR) is 165 cm³/mol. The lowest BCUT2D eigenvalue weighted by molar-refractivity contribution is -0.310. The van der Waals surface area contributed by atoms with E-state index < -0.39 is 39.5 Å². The second-order valence-electron chi connectivity index (χ2n) is 10.9. The van der Waals surface area contributed by atoms with Crippen LogP contribution < -0.4 is 10.5 Å². The molecular formula is C29H38N5O11PS. The molecule has 16 nitrogen and oxygen atoms in total. The van der Waals surface area contributed by atoms with Gasteiger partial charge in [0.2, 0.25) is 19.5 Å². The molecule has 0 aliphatic heterocycles. The maximum atomic E-state index is 13.3. The fourth-order valence-corrected chi connectivity index (χ4v) is 6.99. The molecule has 0 saturated heterocycles. The van der Waals surface area contributed by atoms with E-state index in [1.54, 1.807) is 18.0 Å². The minimum atomic E-state index is -4.24. The summed E-state index contributed by atoms with van der Waals surface area (Å²) in [5.74, 6) is -0.430. The molecule has 2 fully saturated rings. The maximum absolute atomic E-state index is 13.3. The van der Waals surface area contributed by atoms with Gasteiger partial charge in [-0.15, -0.1) is 9.35 Å². The summed E-state index contributed by atoms with van der Waals surface area (Å²) < 4.78 is 45.9. The van der Waals surface area contributed by atoms with Gasteiger partial charge in [0.15, 0.2) is 12.0 Å². The molecular weight excluding hydrogens is 657 g/mol. The van der Waals surface area contributed by atoms with Crippen LogP contribution in [0.15, 0.2) is 40.5 Å². The first-order chi connectivity index (χ1) is 22.8. The Hall–Kier alpha value is -3.31. The quantitative estimate of drug-likeness (QED) is 0.0354. The van der Waals surface area contributed by atoms with E-state index in [2.05, 4.69) is 15.0 Å². The van der Waals surface area contributed by atoms with Crippen molar-refractivity contribution in [3.8, 4) is 5.75 Å². The van der Waals surface area contributed by atoms with Crippen LogP contribution in [0.25, 0.3) is 11.2 Å². The molecule has 2 saturated carbocycles. The van der Waals surface area contributed by atoms with Crippen LogP contribution >= 0.6 is 19.4 Å². The molecule has 47 heavy (non-hydrogen) atoms. The molecule has 0 spiro atoms. The molecule has 3 aromatic rings. The van der Waals surface area contributed by atoms with Gasteiger partial charge in [-0.3, -0.25) is 14.2 Å². The lowest BCUT2D eigenvalue weighted by Gasteiger charge is -2.17. The van der Waals surface area contributed by atoms with Gasteiger partial charge in [-0.2, -0.15) is 14.8 Å². The van der Waals surface area contributed by atoms with Gasteiger partial charge >= 0.3 is 19.5 Å². The number of aromatic nitrogens is 4. The first-order valence-electron chi connectivity index (χ1n) is 15.3. The van der Waals surface area contributed by atoms with E-state index in [1.807, 2.05) is 24.3 Å². The maximum Gasteiger partial charge on any atom is 0.409 e. The normalized spacial score (nSPS) is 15.8. The molecule has 0 amide bonds. The van der Waals surface area contributed by atoms with E-state index in [4.69, 9.17) is 43.8 Å². The van der Waals surface area contributed by atoms with Gasteiger partial charge in [0.05, 0.1) is 31.9 Å². The Morgan fingerprint density at radius 1 is 0.936 bits per heavy atom. The molecule has 2 heterocycles. The zero-order chi connectivity index (χ0) is 33.1. The van der Waals surface area contributed by atoms with E-state index in [9.17, 15) is 14.2 Å². The van der Waals surface area contributed by atoms with Gasteiger partial charge < -0.3 is 29.2 Å². The number of carbonyl (C=O) groups is 2. The summed E-state index contributed by atoms with van der Waals surface area (Å²) >= 11 is 1.38. The number of nitrogen functional groups attached to an aromatic ring is 1. The summed E-state index contributed by atoms with van der Waals surface area (Å²) in [4.78, 5) is 48.1. The summed E-state index contributed by atoms with van der Waals surface area (Å²) in [7, 11) is -2.64. The van der Waals surface area contributed by atoms with E-state index in [-0.39, 0.29) is 30.9 Å². The van der Waals surface area contributed by atoms with Crippen LogP contribution in [0.4, 0.5) is 5.95 Å². The predicted octanol–water partition coefficient (Wildman–Crippen LogP) is 5.01. The lowest BCUT2D eigenvalue weighted by atomic mass is 10.1. The smallest absolute Gasteiger partial charge is 0.409 e. The molecule has 2 aromatic heterocycles. The van der Waals surface area contributed by atoms with Gasteiger partial charge in [0, 0.05) is 11.4 Å². The first-order valence-corrected chi connectivity index (χ1v) is 17.8. The van der Waals surface area contributed by atoms with E-state index in [0.29, 0.717) is 16.2 Å². The number of rotatable bonds is 18. The van der Waals surface area contributed by atoms with Crippen LogP contribution in [0.3, 0.4) is 0 Å². The van der Waals surface area contributed by atoms with Crippen LogP contribution in [0.1, 0.15) is 51.4 Å². The van der Waals surface area contributed by atoms with Crippen molar-refractivity contribution >= 4 is 48.4 Å². The molecule has 2 aliphatic carbocycles. The summed E-state index contributed by atoms with van der Waals surface area (Å²) in [6.45, 7) is -0.976. The van der Waals surface area contributed by atoms with Gasteiger partial charge in [0.25, 0.3) is 0 Å². The number of carbonyl (C=O) groups excluding carboxylic acids is 2. The highest BCUT2D eigenvalue weighted by molar-refractivity contribution is 7.99. The van der Waals surface area contributed by atoms with Crippen molar-refractivity contribution in [1.29, 1.82) is 0 Å². The van der Waals surface area contributed by atoms with Crippen molar-refractivity contribution in [2.45, 2.75) is 67.8 Å². The third-order valence-corrected chi connectivity index (χ3v) is 9.81. The topological polar surface area (TPSA) is 195 Å². The van der Waals surface area contributed by atoms with Crippen molar-refractivity contribution in [2.24, 2.45) is 11.8 Å². The summed E-state index contributed by atoms with van der Waals surface area (Å²) in [5, 5.41) is 0.570. The highest BCUT2D eigenvalue weighted by atomic mass is 32.2. The van der Waals surface area contributed by atoms with Gasteiger partial charge in [0.1, 0.15) is 16.3 Å². The Morgan fingerprint density at radius 2 is 1.53 bits per heavy atom. The van der Waals surface area contributed by atoms with Crippen molar-refractivity contribution in [1.82, 2.24) is 19.5 Å². The van der Waals surface area contributed by atoms with Crippen LogP contribution in [0.2, 0.25) is 0 Å². The largest absolute Gasteiger partial charge is 0.497 e. The molecule has 256 valence electrons. The number of anilines is 1. The first kappa shape index (κ1) is 35.0. The van der Waals surface area contributed by atoms with Crippen molar-refractivity contribution in [2.75, 3.05) is 39.4 Å². The summed E-state index contributed by atoms with van der Waals surface area (Å²) in [6.07, 6.45) is 7.77. The number of nitrogens with two attached hydrogens (primary N) is 1. The third kappa shape index (κ3) is 10.1. The SMILES string of the molecule is COc1ccc(Sc2nc(N)nc3c2ncn3CCOCP(=O)(OOCOC(=O)C2CCCC2)OOCOC(=O)C2CCCC2)cc1. The van der Waals surface area contributed by atoms with Crippen LogP contribution in [0, 0.1) is 11.8 Å². The van der Waals surface area contributed by atoms with Gasteiger partial charge in [-0.25, -0.2) is 9.97 Å². The second kappa shape index (κ2) is 17.2. The molecule has 1 aromatic carbocycles. The summed E-state index contributed by atoms with van der Waals surface area (Å²) in [5.41, 5.74) is 7.02. The Kier molecular flexibility index (Phi) is 12.8. The summed E-state index contributed by atoms with van der Waals surface area (Å²) in [6, 6.07) is 7.48. The Balaban J connectivity index is 1.14. The number of fused-ring (bicyclic) bond motifs is 1. The standard InChI is InChI=1S/C29H38N5O11PS/c1-38-22-10-12-23(13-11-22)47-26-24-25(32-29(30)33-26)34(16-31-24)14-15-39-19-46(37,44-42-17-40-27(35)20-6-2-3-7-20)45-43-18-41-28(36)21-8-4-5-9-21/h10-13,16,20-21H,2-9,14-15,17-19H2,1H3,(H2,30,32,33). The Bertz CT molecular complexity index is 1490. The molecule has 0 bridgehead atoms. The number of hydrogen-bond donors (Lipinski definition) is 1. The highest BCUT2D eigenvalue weighted by Gasteiger charge is 2.31. The molecule has 2 aliphatic rings. The van der Waals surface area contributed by atoms with E-state index in [0.717, 1.165) is 62.0 Å². The van der Waals surface area contributed by atoms with Crippen molar-refractivity contribution in [3.05, 3.63) is 30.6 Å². The number of methoxy groups -OCH3 is 1. The fourth-order valence-electron chi connectivity index (χ4n) is 5.25. The van der Waals surface area contributed by atoms with Crippen molar-refractivity contribution < 1.29 is 52.2 Å². The molecule has 2 N–H and O–H groups in total. The van der Waals surface area contributed by atoms with Crippen LogP contribution in [-0.4, -0.2) is 65.1 Å². The van der Waals surface area contributed by atoms with E-state index in [1.165, 1.54) is 11.8 Å². The average molecular weight is 696 g/mol. The van der Waals surface area contributed by atoms with Gasteiger partial charge in [-0.05, 0) is 49.9 Å². The van der Waals surface area contributed by atoms with Gasteiger partial charge in [-0.1, -0.05) is 37.4 Å².